The molecule has 1 aromatic rings. The Morgan fingerprint density at radius 1 is 1.25 bits per heavy atom. The zero-order valence-corrected chi connectivity index (χ0v) is 13.5. The molecule has 1 atom stereocenters. The third-order valence-electron chi connectivity index (χ3n) is 4.22. The highest BCUT2D eigenvalue weighted by atomic mass is 35.5. The zero-order valence-electron chi connectivity index (χ0n) is 12.7. The number of benzene rings is 1. The Bertz CT molecular complexity index is 473. The minimum absolute atomic E-state index is 0.190. The van der Waals surface area contributed by atoms with Crippen LogP contribution in [0.3, 0.4) is 0 Å². The number of likely N-dealkylation sites (tertiary alicyclic amines) is 1. The van der Waals surface area contributed by atoms with Gasteiger partial charge in [0.2, 0.25) is 0 Å². The third-order valence-corrected chi connectivity index (χ3v) is 4.44. The van der Waals surface area contributed by atoms with Crippen LogP contribution in [0.1, 0.15) is 52.7 Å². The molecule has 2 rings (SSSR count). The van der Waals surface area contributed by atoms with E-state index in [2.05, 4.69) is 24.0 Å². The number of nitrogens with zero attached hydrogens (tertiary/aromatic N) is 1. The van der Waals surface area contributed by atoms with Crippen molar-refractivity contribution in [1.82, 2.24) is 4.90 Å². The lowest BCUT2D eigenvalue weighted by atomic mass is 9.95. The van der Waals surface area contributed by atoms with Crippen molar-refractivity contribution >= 4 is 17.5 Å². The molecule has 0 aromatic heterocycles. The molecule has 0 N–H and O–H groups in total. The Morgan fingerprint density at radius 2 is 1.90 bits per heavy atom. The highest BCUT2D eigenvalue weighted by Crippen LogP contribution is 2.25. The summed E-state index contributed by atoms with van der Waals surface area (Å²) < 4.78 is 0. The van der Waals surface area contributed by atoms with Crippen molar-refractivity contribution in [1.29, 1.82) is 0 Å². The van der Waals surface area contributed by atoms with Crippen LogP contribution in [-0.4, -0.2) is 29.3 Å². The number of halogens is 1. The minimum atomic E-state index is 0.190. The van der Waals surface area contributed by atoms with Gasteiger partial charge in [-0.2, -0.15) is 0 Å². The van der Waals surface area contributed by atoms with E-state index in [0.717, 1.165) is 42.5 Å². The molecule has 110 valence electrons. The molecule has 0 radical (unpaired) electrons. The number of piperidine rings is 1. The summed E-state index contributed by atoms with van der Waals surface area (Å²) in [5.41, 5.74) is 4.27. The summed E-state index contributed by atoms with van der Waals surface area (Å²) in [6, 6.07) is 4.51. The van der Waals surface area contributed by atoms with Crippen molar-refractivity contribution in [3.05, 3.63) is 34.4 Å². The van der Waals surface area contributed by atoms with E-state index in [0.29, 0.717) is 11.9 Å². The quantitative estimate of drug-likeness (QED) is 0.764. The van der Waals surface area contributed by atoms with E-state index in [1.54, 1.807) is 0 Å². The Kier molecular flexibility index (Phi) is 5.09. The van der Waals surface area contributed by atoms with E-state index >= 15 is 0 Å². The topological polar surface area (TPSA) is 20.3 Å². The van der Waals surface area contributed by atoms with E-state index in [9.17, 15) is 4.79 Å². The molecule has 1 aliphatic rings. The molecule has 1 amide bonds. The second-order valence-corrected chi connectivity index (χ2v) is 6.28. The first-order valence-corrected chi connectivity index (χ1v) is 8.03. The maximum atomic E-state index is 12.9. The van der Waals surface area contributed by atoms with Gasteiger partial charge in [-0.05, 0) is 57.6 Å². The summed E-state index contributed by atoms with van der Waals surface area (Å²) in [4.78, 5) is 15.0. The second kappa shape index (κ2) is 6.62. The van der Waals surface area contributed by atoms with Crippen LogP contribution in [0.2, 0.25) is 0 Å². The summed E-state index contributed by atoms with van der Waals surface area (Å²) >= 11 is 5.90. The van der Waals surface area contributed by atoms with Gasteiger partial charge in [-0.25, -0.2) is 0 Å². The number of carbonyl (C=O) groups excluding carboxylic acids is 1. The molecule has 0 aliphatic carbocycles. The van der Waals surface area contributed by atoms with Gasteiger partial charge < -0.3 is 4.90 Å². The Balaban J connectivity index is 2.30. The van der Waals surface area contributed by atoms with Crippen molar-refractivity contribution in [2.45, 2.75) is 52.5 Å². The lowest BCUT2D eigenvalue weighted by molar-refractivity contribution is 0.0607. The predicted molar refractivity (Wildman–Crippen MR) is 84.7 cm³/mol. The molecule has 20 heavy (non-hydrogen) atoms. The molecule has 1 saturated heterocycles. The summed E-state index contributed by atoms with van der Waals surface area (Å²) in [6.45, 7) is 7.01. The number of hydrogen-bond acceptors (Lipinski definition) is 1. The molecule has 0 spiro atoms. The van der Waals surface area contributed by atoms with E-state index in [1.165, 1.54) is 12.0 Å². The van der Waals surface area contributed by atoms with Crippen LogP contribution in [0, 0.1) is 20.8 Å². The Morgan fingerprint density at radius 3 is 2.50 bits per heavy atom. The van der Waals surface area contributed by atoms with Crippen molar-refractivity contribution in [3.63, 3.8) is 0 Å². The summed E-state index contributed by atoms with van der Waals surface area (Å²) in [6.07, 6.45) is 4.30. The van der Waals surface area contributed by atoms with E-state index in [1.807, 2.05) is 13.8 Å². The zero-order chi connectivity index (χ0) is 14.7. The summed E-state index contributed by atoms with van der Waals surface area (Å²) in [5, 5.41) is 0. The first kappa shape index (κ1) is 15.4. The monoisotopic (exact) mass is 293 g/mol. The fraction of sp³-hybridized carbons (Fsp3) is 0.588. The van der Waals surface area contributed by atoms with Gasteiger partial charge in [0.05, 0.1) is 0 Å². The molecule has 1 aliphatic heterocycles. The standard InChI is InChI=1S/C17H24ClNO/c1-12-10-13(2)16(14(3)11-12)17(20)19-9-5-4-6-15(19)7-8-18/h10-11,15H,4-9H2,1-3H3. The van der Waals surface area contributed by atoms with Crippen molar-refractivity contribution < 1.29 is 4.79 Å². The van der Waals surface area contributed by atoms with Crippen molar-refractivity contribution in [3.8, 4) is 0 Å². The second-order valence-electron chi connectivity index (χ2n) is 5.90. The maximum Gasteiger partial charge on any atom is 0.254 e. The van der Waals surface area contributed by atoms with Crippen molar-refractivity contribution in [2.24, 2.45) is 0 Å². The van der Waals surface area contributed by atoms with Crippen LogP contribution in [0.5, 0.6) is 0 Å². The smallest absolute Gasteiger partial charge is 0.254 e. The normalized spacial score (nSPS) is 19.2. The molecule has 3 heteroatoms. The minimum Gasteiger partial charge on any atom is -0.336 e. The number of amides is 1. The molecule has 1 unspecified atom stereocenters. The van der Waals surface area contributed by atoms with E-state index < -0.39 is 0 Å². The van der Waals surface area contributed by atoms with Gasteiger partial charge in [0.15, 0.2) is 0 Å². The molecular formula is C17H24ClNO. The molecule has 1 fully saturated rings. The highest BCUT2D eigenvalue weighted by molar-refractivity contribution is 6.17. The van der Waals surface area contributed by atoms with Gasteiger partial charge in [0.25, 0.3) is 5.91 Å². The number of alkyl halides is 1. The van der Waals surface area contributed by atoms with Crippen LogP contribution in [0.25, 0.3) is 0 Å². The van der Waals surface area contributed by atoms with Crippen LogP contribution in [-0.2, 0) is 0 Å². The fourth-order valence-electron chi connectivity index (χ4n) is 3.35. The number of hydrogen-bond donors (Lipinski definition) is 0. The summed E-state index contributed by atoms with van der Waals surface area (Å²) in [5.74, 6) is 0.815. The first-order valence-electron chi connectivity index (χ1n) is 7.49. The van der Waals surface area contributed by atoms with Crippen LogP contribution in [0.4, 0.5) is 0 Å². The van der Waals surface area contributed by atoms with Crippen LogP contribution >= 0.6 is 11.6 Å². The number of carbonyl (C=O) groups is 1. The summed E-state index contributed by atoms with van der Waals surface area (Å²) in [7, 11) is 0. The average molecular weight is 294 g/mol. The largest absolute Gasteiger partial charge is 0.336 e. The van der Waals surface area contributed by atoms with Gasteiger partial charge in [0, 0.05) is 24.0 Å². The SMILES string of the molecule is Cc1cc(C)c(C(=O)N2CCCCC2CCCl)c(C)c1. The Labute approximate surface area is 127 Å². The van der Waals surface area contributed by atoms with Crippen LogP contribution < -0.4 is 0 Å². The van der Waals surface area contributed by atoms with E-state index in [4.69, 9.17) is 11.6 Å². The molecule has 0 saturated carbocycles. The predicted octanol–water partition coefficient (Wildman–Crippen LogP) is 4.24. The van der Waals surface area contributed by atoms with Gasteiger partial charge in [-0.3, -0.25) is 4.79 Å². The average Bonchev–Trinajstić information content (AvgIpc) is 2.38. The molecule has 1 aromatic carbocycles. The van der Waals surface area contributed by atoms with Gasteiger partial charge in [0.1, 0.15) is 0 Å². The number of rotatable bonds is 3. The van der Waals surface area contributed by atoms with Gasteiger partial charge in [-0.15, -0.1) is 11.6 Å². The maximum absolute atomic E-state index is 12.9. The molecule has 2 nitrogen and oxygen atoms in total. The Hall–Kier alpha value is -1.02. The molecule has 0 bridgehead atoms. The molecule has 1 heterocycles. The lowest BCUT2D eigenvalue weighted by Gasteiger charge is -2.36. The highest BCUT2D eigenvalue weighted by Gasteiger charge is 2.28. The van der Waals surface area contributed by atoms with Crippen LogP contribution in [0.15, 0.2) is 12.1 Å². The third kappa shape index (κ3) is 3.17. The van der Waals surface area contributed by atoms with Crippen molar-refractivity contribution in [2.75, 3.05) is 12.4 Å². The first-order chi connectivity index (χ1) is 9.54. The van der Waals surface area contributed by atoms with E-state index in [-0.39, 0.29) is 5.91 Å². The van der Waals surface area contributed by atoms with Gasteiger partial charge in [-0.1, -0.05) is 17.7 Å². The molecular weight excluding hydrogens is 270 g/mol. The lowest BCUT2D eigenvalue weighted by Crippen LogP contribution is -2.44. The number of aryl methyl sites for hydroxylation is 3. The van der Waals surface area contributed by atoms with Gasteiger partial charge >= 0.3 is 0 Å². The fourth-order valence-corrected chi connectivity index (χ4v) is 3.61.